The molecule has 1 saturated heterocycles. The van der Waals surface area contributed by atoms with Crippen LogP contribution in [0.3, 0.4) is 0 Å². The minimum atomic E-state index is -0.775. The van der Waals surface area contributed by atoms with E-state index in [0.717, 1.165) is 9.37 Å². The van der Waals surface area contributed by atoms with E-state index in [1.165, 1.54) is 6.08 Å². The topological polar surface area (TPSA) is 75.7 Å². The molecule has 138 valence electrons. The van der Waals surface area contributed by atoms with Crippen LogP contribution in [0.1, 0.15) is 11.1 Å². The van der Waals surface area contributed by atoms with Crippen molar-refractivity contribution in [2.24, 2.45) is 0 Å². The number of urea groups is 1. The lowest BCUT2D eigenvalue weighted by molar-refractivity contribution is -0.122. The largest absolute Gasteiger partial charge is 0.496 e. The zero-order valence-corrected chi connectivity index (χ0v) is 17.5. The van der Waals surface area contributed by atoms with Crippen molar-refractivity contribution in [2.75, 3.05) is 12.0 Å². The van der Waals surface area contributed by atoms with Crippen molar-refractivity contribution >= 4 is 61.5 Å². The summed E-state index contributed by atoms with van der Waals surface area (Å²) in [6.07, 6.45) is 1.44. The van der Waals surface area contributed by atoms with Gasteiger partial charge in [-0.2, -0.15) is 0 Å². The number of halogens is 2. The van der Waals surface area contributed by atoms with Crippen LogP contribution in [0.4, 0.5) is 10.5 Å². The number of anilines is 1. The average molecular weight is 494 g/mol. The molecule has 0 bridgehead atoms. The summed E-state index contributed by atoms with van der Waals surface area (Å²) in [6, 6.07) is 9.53. The highest BCUT2D eigenvalue weighted by Gasteiger charge is 2.37. The molecule has 27 heavy (non-hydrogen) atoms. The van der Waals surface area contributed by atoms with Gasteiger partial charge in [0.25, 0.3) is 11.8 Å². The molecule has 3 rings (SSSR count). The van der Waals surface area contributed by atoms with Gasteiger partial charge in [0.1, 0.15) is 11.3 Å². The molecule has 2 aromatic carbocycles. The summed E-state index contributed by atoms with van der Waals surface area (Å²) in [6.45, 7) is 1.78. The predicted molar refractivity (Wildman–Crippen MR) is 109 cm³/mol. The van der Waals surface area contributed by atoms with Crippen LogP contribution in [0.5, 0.6) is 5.75 Å². The Labute approximate surface area is 172 Å². The highest BCUT2D eigenvalue weighted by atomic mass is 79.9. The molecule has 1 aliphatic heterocycles. The summed E-state index contributed by atoms with van der Waals surface area (Å²) in [5, 5.41) is 2.22. The van der Waals surface area contributed by atoms with Gasteiger partial charge in [0.05, 0.1) is 17.3 Å². The number of barbiturate groups is 1. The van der Waals surface area contributed by atoms with Gasteiger partial charge in [0.2, 0.25) is 0 Å². The molecule has 2 aromatic rings. The van der Waals surface area contributed by atoms with Crippen molar-refractivity contribution in [3.8, 4) is 5.75 Å². The molecule has 1 heterocycles. The Morgan fingerprint density at radius 3 is 2.44 bits per heavy atom. The highest BCUT2D eigenvalue weighted by molar-refractivity contribution is 9.10. The van der Waals surface area contributed by atoms with E-state index < -0.39 is 17.8 Å². The molecule has 0 aromatic heterocycles. The number of benzene rings is 2. The number of imide groups is 2. The first-order chi connectivity index (χ1) is 12.8. The second-order valence-electron chi connectivity index (χ2n) is 5.78. The maximum atomic E-state index is 12.9. The van der Waals surface area contributed by atoms with Crippen molar-refractivity contribution in [1.82, 2.24) is 5.32 Å². The lowest BCUT2D eigenvalue weighted by atomic mass is 10.1. The average Bonchev–Trinajstić information content (AvgIpc) is 2.60. The summed E-state index contributed by atoms with van der Waals surface area (Å²) in [5.74, 6) is -0.789. The first kappa shape index (κ1) is 19.3. The van der Waals surface area contributed by atoms with E-state index in [1.54, 1.807) is 50.4 Å². The van der Waals surface area contributed by atoms with Crippen LogP contribution in [0.25, 0.3) is 6.08 Å². The minimum absolute atomic E-state index is 0.131. The Morgan fingerprint density at radius 2 is 1.81 bits per heavy atom. The second-order valence-corrected chi connectivity index (χ2v) is 7.55. The Balaban J connectivity index is 2.03. The number of ether oxygens (including phenoxy) is 1. The molecule has 8 heteroatoms. The molecule has 6 nitrogen and oxygen atoms in total. The van der Waals surface area contributed by atoms with Gasteiger partial charge in [-0.05, 0) is 70.4 Å². The van der Waals surface area contributed by atoms with Crippen molar-refractivity contribution in [1.29, 1.82) is 0 Å². The van der Waals surface area contributed by atoms with E-state index in [2.05, 4.69) is 37.2 Å². The maximum Gasteiger partial charge on any atom is 0.335 e. The fourth-order valence-electron chi connectivity index (χ4n) is 2.69. The first-order valence-electron chi connectivity index (χ1n) is 7.83. The fourth-order valence-corrected chi connectivity index (χ4v) is 3.72. The van der Waals surface area contributed by atoms with Gasteiger partial charge in [0, 0.05) is 4.47 Å². The van der Waals surface area contributed by atoms with E-state index >= 15 is 0 Å². The van der Waals surface area contributed by atoms with Crippen LogP contribution in [0.15, 0.2) is 50.9 Å². The number of nitrogens with zero attached hydrogens (tertiary/aromatic N) is 1. The lowest BCUT2D eigenvalue weighted by Crippen LogP contribution is -2.54. The third-order valence-corrected chi connectivity index (χ3v) is 5.10. The van der Waals surface area contributed by atoms with E-state index in [1.807, 2.05) is 0 Å². The van der Waals surface area contributed by atoms with Crippen molar-refractivity contribution in [3.05, 3.63) is 62.0 Å². The number of amides is 4. The zero-order chi connectivity index (χ0) is 19.7. The summed E-state index contributed by atoms with van der Waals surface area (Å²) >= 11 is 6.72. The molecular weight excluding hydrogens is 480 g/mol. The molecule has 0 saturated carbocycles. The van der Waals surface area contributed by atoms with Crippen LogP contribution in [0, 0.1) is 6.92 Å². The summed E-state index contributed by atoms with van der Waals surface area (Å²) in [4.78, 5) is 38.4. The third kappa shape index (κ3) is 3.81. The standard InChI is InChI=1S/C19H14Br2N2O4/c1-10-7-12(20)4-5-15(10)23-18(25)13(17(24)22-19(23)26)8-11-3-6-16(27-2)14(21)9-11/h3-9H,1-2H3,(H,22,24,26)/b13-8-. The number of carbonyl (C=O) groups excluding carboxylic acids is 3. The normalized spacial score (nSPS) is 15.9. The SMILES string of the molecule is COc1ccc(/C=C2/C(=O)NC(=O)N(c3ccc(Br)cc3C)C2=O)cc1Br. The number of rotatable bonds is 3. The second kappa shape index (κ2) is 7.66. The van der Waals surface area contributed by atoms with Gasteiger partial charge in [-0.15, -0.1) is 0 Å². The van der Waals surface area contributed by atoms with Gasteiger partial charge in [-0.1, -0.05) is 22.0 Å². The number of aryl methyl sites for hydroxylation is 1. The van der Waals surface area contributed by atoms with Crippen LogP contribution < -0.4 is 15.0 Å². The molecular formula is C19H14Br2N2O4. The molecule has 0 aliphatic carbocycles. The van der Waals surface area contributed by atoms with Gasteiger partial charge < -0.3 is 4.74 Å². The van der Waals surface area contributed by atoms with Crippen LogP contribution in [0.2, 0.25) is 0 Å². The first-order valence-corrected chi connectivity index (χ1v) is 9.41. The molecule has 0 unspecified atom stereocenters. The fraction of sp³-hybridized carbons (Fsp3) is 0.105. The minimum Gasteiger partial charge on any atom is -0.496 e. The smallest absolute Gasteiger partial charge is 0.335 e. The molecule has 0 spiro atoms. The Morgan fingerprint density at radius 1 is 1.07 bits per heavy atom. The number of nitrogens with one attached hydrogen (secondary N) is 1. The van der Waals surface area contributed by atoms with Crippen LogP contribution >= 0.6 is 31.9 Å². The van der Waals surface area contributed by atoms with Crippen LogP contribution in [-0.4, -0.2) is 25.0 Å². The molecule has 0 radical (unpaired) electrons. The Kier molecular flexibility index (Phi) is 5.48. The highest BCUT2D eigenvalue weighted by Crippen LogP contribution is 2.29. The molecule has 1 N–H and O–H groups in total. The number of hydrogen-bond acceptors (Lipinski definition) is 4. The van der Waals surface area contributed by atoms with E-state index in [4.69, 9.17) is 4.74 Å². The van der Waals surface area contributed by atoms with Crippen molar-refractivity contribution < 1.29 is 19.1 Å². The third-order valence-electron chi connectivity index (χ3n) is 3.99. The van der Waals surface area contributed by atoms with Crippen LogP contribution in [-0.2, 0) is 9.59 Å². The quantitative estimate of drug-likeness (QED) is 0.513. The number of hydrogen-bond donors (Lipinski definition) is 1. The monoisotopic (exact) mass is 492 g/mol. The summed E-state index contributed by atoms with van der Waals surface area (Å²) < 4.78 is 6.68. The molecule has 4 amide bonds. The Hall–Kier alpha value is -2.45. The predicted octanol–water partition coefficient (Wildman–Crippen LogP) is 4.20. The van der Waals surface area contributed by atoms with Gasteiger partial charge >= 0.3 is 6.03 Å². The molecule has 1 fully saturated rings. The summed E-state index contributed by atoms with van der Waals surface area (Å²) in [7, 11) is 1.54. The number of methoxy groups -OCH3 is 1. The Bertz CT molecular complexity index is 1000. The van der Waals surface area contributed by atoms with E-state index in [0.29, 0.717) is 27.0 Å². The van der Waals surface area contributed by atoms with E-state index in [9.17, 15) is 14.4 Å². The lowest BCUT2D eigenvalue weighted by Gasteiger charge is -2.27. The maximum absolute atomic E-state index is 12.9. The number of carbonyl (C=O) groups is 3. The van der Waals surface area contributed by atoms with Gasteiger partial charge in [0.15, 0.2) is 0 Å². The van der Waals surface area contributed by atoms with E-state index in [-0.39, 0.29) is 5.57 Å². The van der Waals surface area contributed by atoms with Gasteiger partial charge in [-0.25, -0.2) is 9.69 Å². The zero-order valence-electron chi connectivity index (χ0n) is 14.4. The molecule has 0 atom stereocenters. The van der Waals surface area contributed by atoms with Crippen molar-refractivity contribution in [3.63, 3.8) is 0 Å². The van der Waals surface area contributed by atoms with Gasteiger partial charge in [-0.3, -0.25) is 14.9 Å². The summed E-state index contributed by atoms with van der Waals surface area (Å²) in [5.41, 5.74) is 1.61. The molecule has 1 aliphatic rings. The van der Waals surface area contributed by atoms with Crippen molar-refractivity contribution in [2.45, 2.75) is 6.92 Å².